The van der Waals surface area contributed by atoms with E-state index in [4.69, 9.17) is 4.74 Å². The van der Waals surface area contributed by atoms with Crippen LogP contribution in [-0.4, -0.2) is 61.5 Å². The zero-order chi connectivity index (χ0) is 37.7. The summed E-state index contributed by atoms with van der Waals surface area (Å²) in [7, 11) is 1.31. The Morgan fingerprint density at radius 3 is 2.40 bits per heavy atom. The molecule has 1 saturated heterocycles. The van der Waals surface area contributed by atoms with Crippen molar-refractivity contribution in [1.29, 1.82) is 0 Å². The highest BCUT2D eigenvalue weighted by Crippen LogP contribution is 2.40. The van der Waals surface area contributed by atoms with Crippen LogP contribution in [0.2, 0.25) is 0 Å². The van der Waals surface area contributed by atoms with Crippen molar-refractivity contribution >= 4 is 39.8 Å². The van der Waals surface area contributed by atoms with Gasteiger partial charge in [-0.1, -0.05) is 31.2 Å². The standard InChI is InChI=1S/C42H48F2N4O4S/c1-5-20-48(31-23-34(43)32(35(44)24-31)18-15-27-13-16-29(17-14-27)41(51)52-4)40(50)37-33-11-6-7-12-36(33)53-39(37)46-38(49)30-10-8-9-28(22-30)25-47-21-19-45-26-42(47,2)3/h8-10,13-14,16-17,22-24,45H,5-7,11-12,15,18-21,25-26H2,1-4H3,(H,46,49). The maximum Gasteiger partial charge on any atom is 0.337 e. The monoisotopic (exact) mass is 742 g/mol. The first-order chi connectivity index (χ1) is 25.5. The number of anilines is 2. The van der Waals surface area contributed by atoms with E-state index < -0.39 is 17.6 Å². The minimum atomic E-state index is -0.731. The largest absolute Gasteiger partial charge is 0.465 e. The van der Waals surface area contributed by atoms with Crippen LogP contribution in [0.3, 0.4) is 0 Å². The molecule has 8 nitrogen and oxygen atoms in total. The van der Waals surface area contributed by atoms with Crippen LogP contribution in [-0.2, 0) is 37.0 Å². The summed E-state index contributed by atoms with van der Waals surface area (Å²) in [6.07, 6.45) is 4.42. The summed E-state index contributed by atoms with van der Waals surface area (Å²) < 4.78 is 36.1. The van der Waals surface area contributed by atoms with Crippen LogP contribution >= 0.6 is 11.3 Å². The molecule has 2 aliphatic rings. The van der Waals surface area contributed by atoms with Gasteiger partial charge in [0.05, 0.1) is 18.2 Å². The number of benzene rings is 3. The second-order valence-electron chi connectivity index (χ2n) is 14.5. The highest BCUT2D eigenvalue weighted by atomic mass is 32.1. The lowest BCUT2D eigenvalue weighted by Gasteiger charge is -2.43. The predicted molar refractivity (Wildman–Crippen MR) is 206 cm³/mol. The first kappa shape index (κ1) is 38.3. The van der Waals surface area contributed by atoms with Gasteiger partial charge in [-0.05, 0) is 112 Å². The Morgan fingerprint density at radius 1 is 0.962 bits per heavy atom. The maximum atomic E-state index is 15.7. The third-order valence-electron chi connectivity index (χ3n) is 10.3. The molecule has 11 heteroatoms. The lowest BCUT2D eigenvalue weighted by Crippen LogP contribution is -2.57. The van der Waals surface area contributed by atoms with Crippen molar-refractivity contribution in [3.8, 4) is 0 Å². The molecule has 2 heterocycles. The Morgan fingerprint density at radius 2 is 1.70 bits per heavy atom. The first-order valence-electron chi connectivity index (χ1n) is 18.5. The SMILES string of the molecule is CCCN(C(=O)c1c(NC(=O)c2cccc(CN3CCNCC3(C)C)c2)sc2c1CCCC2)c1cc(F)c(CCc2ccc(C(=O)OC)cc2)c(F)c1. The molecule has 2 amide bonds. The van der Waals surface area contributed by atoms with E-state index in [0.717, 1.165) is 67.0 Å². The van der Waals surface area contributed by atoms with Gasteiger partial charge in [0.25, 0.3) is 11.8 Å². The Bertz CT molecular complexity index is 1950. The molecule has 1 aliphatic heterocycles. The van der Waals surface area contributed by atoms with Crippen molar-refractivity contribution in [3.63, 3.8) is 0 Å². The van der Waals surface area contributed by atoms with E-state index in [0.29, 0.717) is 41.0 Å². The third-order valence-corrected chi connectivity index (χ3v) is 11.5. The minimum absolute atomic E-state index is 0.0147. The summed E-state index contributed by atoms with van der Waals surface area (Å²) in [5.74, 6) is -2.60. The summed E-state index contributed by atoms with van der Waals surface area (Å²) in [5, 5.41) is 6.99. The molecule has 0 unspecified atom stereocenters. The molecule has 0 spiro atoms. The second-order valence-corrected chi connectivity index (χ2v) is 15.6. The van der Waals surface area contributed by atoms with Gasteiger partial charge in [-0.25, -0.2) is 13.6 Å². The van der Waals surface area contributed by atoms with Crippen molar-refractivity contribution in [1.82, 2.24) is 10.2 Å². The number of esters is 1. The van der Waals surface area contributed by atoms with E-state index in [2.05, 4.69) is 29.4 Å². The van der Waals surface area contributed by atoms with Gasteiger partial charge in [0.1, 0.15) is 16.6 Å². The molecular weight excluding hydrogens is 695 g/mol. The Kier molecular flexibility index (Phi) is 12.1. The third kappa shape index (κ3) is 8.69. The molecule has 6 rings (SSSR count). The quantitative estimate of drug-likeness (QED) is 0.143. The van der Waals surface area contributed by atoms with Crippen molar-refractivity contribution in [2.45, 2.75) is 77.8 Å². The number of thiophene rings is 1. The van der Waals surface area contributed by atoms with Gasteiger partial charge in [-0.15, -0.1) is 11.3 Å². The molecule has 1 aromatic heterocycles. The lowest BCUT2D eigenvalue weighted by molar-refractivity contribution is 0.0600. The predicted octanol–water partition coefficient (Wildman–Crippen LogP) is 7.97. The number of nitrogens with zero attached hydrogens (tertiary/aromatic N) is 2. The number of hydrogen-bond acceptors (Lipinski definition) is 7. The molecule has 0 saturated carbocycles. The molecule has 0 atom stereocenters. The Labute approximate surface area is 314 Å². The molecule has 0 radical (unpaired) electrons. The number of fused-ring (bicyclic) bond motifs is 1. The number of piperazine rings is 1. The molecule has 1 fully saturated rings. The Hall–Kier alpha value is -4.45. The molecular formula is C42H48F2N4O4S. The number of methoxy groups -OCH3 is 1. The lowest BCUT2D eigenvalue weighted by atomic mass is 9.94. The van der Waals surface area contributed by atoms with E-state index in [1.165, 1.54) is 35.5 Å². The fraction of sp³-hybridized carbons (Fsp3) is 0.405. The van der Waals surface area contributed by atoms with Gasteiger partial charge < -0.3 is 20.3 Å². The van der Waals surface area contributed by atoms with Gasteiger partial charge in [0, 0.05) is 60.0 Å². The average molecular weight is 743 g/mol. The van der Waals surface area contributed by atoms with Gasteiger partial charge in [-0.3, -0.25) is 14.5 Å². The maximum absolute atomic E-state index is 15.7. The zero-order valence-corrected chi connectivity index (χ0v) is 31.8. The Balaban J connectivity index is 1.23. The van der Waals surface area contributed by atoms with Crippen molar-refractivity contribution in [2.75, 3.05) is 43.5 Å². The molecule has 0 bridgehead atoms. The zero-order valence-electron chi connectivity index (χ0n) is 31.0. The van der Waals surface area contributed by atoms with Crippen molar-refractivity contribution < 1.29 is 27.9 Å². The summed E-state index contributed by atoms with van der Waals surface area (Å²) in [6.45, 7) is 10.0. The number of hydrogen-bond donors (Lipinski definition) is 2. The van der Waals surface area contributed by atoms with Crippen molar-refractivity contribution in [2.24, 2.45) is 0 Å². The van der Waals surface area contributed by atoms with E-state index in [-0.39, 0.29) is 41.6 Å². The van der Waals surface area contributed by atoms with Crippen LogP contribution in [0.25, 0.3) is 0 Å². The fourth-order valence-electron chi connectivity index (χ4n) is 7.29. The van der Waals surface area contributed by atoms with Crippen molar-refractivity contribution in [3.05, 3.63) is 116 Å². The molecule has 280 valence electrons. The number of nitrogens with one attached hydrogen (secondary N) is 2. The van der Waals surface area contributed by atoms with E-state index in [1.54, 1.807) is 30.3 Å². The minimum Gasteiger partial charge on any atom is -0.465 e. The van der Waals surface area contributed by atoms with E-state index in [1.807, 2.05) is 25.1 Å². The van der Waals surface area contributed by atoms with Crippen LogP contribution in [0.15, 0.2) is 60.7 Å². The number of ether oxygens (including phenoxy) is 1. The van der Waals surface area contributed by atoms with E-state index >= 15 is 8.78 Å². The number of carbonyl (C=O) groups is 3. The van der Waals surface area contributed by atoms with Gasteiger partial charge in [-0.2, -0.15) is 0 Å². The average Bonchev–Trinajstić information content (AvgIpc) is 3.51. The second kappa shape index (κ2) is 16.7. The highest BCUT2D eigenvalue weighted by Gasteiger charge is 2.32. The molecule has 53 heavy (non-hydrogen) atoms. The fourth-order valence-corrected chi connectivity index (χ4v) is 8.56. The highest BCUT2D eigenvalue weighted by molar-refractivity contribution is 7.17. The molecule has 3 aromatic carbocycles. The summed E-state index contributed by atoms with van der Waals surface area (Å²) >= 11 is 1.42. The van der Waals surface area contributed by atoms with Crippen LogP contribution in [0.1, 0.15) is 98.2 Å². The number of carbonyl (C=O) groups excluding carboxylic acids is 3. The van der Waals surface area contributed by atoms with Gasteiger partial charge >= 0.3 is 5.97 Å². The van der Waals surface area contributed by atoms with Crippen LogP contribution in [0, 0.1) is 11.6 Å². The summed E-state index contributed by atoms with van der Waals surface area (Å²) in [4.78, 5) is 45.0. The summed E-state index contributed by atoms with van der Waals surface area (Å²) in [6, 6.07) is 16.8. The van der Waals surface area contributed by atoms with Gasteiger partial charge in [0.2, 0.25) is 0 Å². The van der Waals surface area contributed by atoms with Gasteiger partial charge in [0.15, 0.2) is 0 Å². The number of rotatable bonds is 12. The smallest absolute Gasteiger partial charge is 0.337 e. The molecule has 2 N–H and O–H groups in total. The van der Waals surface area contributed by atoms with Crippen LogP contribution in [0.5, 0.6) is 0 Å². The molecule has 4 aromatic rings. The topological polar surface area (TPSA) is 91.0 Å². The first-order valence-corrected chi connectivity index (χ1v) is 19.3. The molecule has 1 aliphatic carbocycles. The number of aryl methyl sites for hydroxylation is 2. The van der Waals surface area contributed by atoms with Crippen LogP contribution < -0.4 is 15.5 Å². The normalized spacial score (nSPS) is 15.4. The van der Waals surface area contributed by atoms with E-state index in [9.17, 15) is 14.4 Å². The van der Waals surface area contributed by atoms with Crippen LogP contribution in [0.4, 0.5) is 19.5 Å². The summed E-state index contributed by atoms with van der Waals surface area (Å²) in [5.41, 5.74) is 4.12. The number of amides is 2. The number of halogens is 2.